The fraction of sp³-hybridized carbons (Fsp3) is 0.370. The number of aromatic nitrogens is 1. The lowest BCUT2D eigenvalue weighted by atomic mass is 9.33. The second-order valence-corrected chi connectivity index (χ2v) is 17.7. The summed E-state index contributed by atoms with van der Waals surface area (Å²) in [5.41, 5.74) is 10.4. The monoisotopic (exact) mass is 663 g/mol. The van der Waals surface area contributed by atoms with Crippen molar-refractivity contribution in [2.45, 2.75) is 110 Å². The smallest absolute Gasteiger partial charge is 0.254 e. The maximum atomic E-state index is 9.47. The third-order valence-corrected chi connectivity index (χ3v) is 12.5. The zero-order valence-corrected chi connectivity index (χ0v) is 30.8. The van der Waals surface area contributed by atoms with Gasteiger partial charge in [-0.1, -0.05) is 104 Å². The van der Waals surface area contributed by atoms with E-state index in [-0.39, 0.29) is 51.2 Å². The fourth-order valence-corrected chi connectivity index (χ4v) is 9.36. The summed E-state index contributed by atoms with van der Waals surface area (Å²) in [5.74, 6) is 0.657. The Morgan fingerprint density at radius 1 is 0.560 bits per heavy atom. The Bertz CT molecular complexity index is 2640. The molecular formula is C46H50BN3. The molecule has 4 aliphatic rings. The lowest BCUT2D eigenvalue weighted by Crippen LogP contribution is -2.62. The molecule has 2 aliphatic heterocycles. The molecule has 0 saturated carbocycles. The number of anilines is 6. The van der Waals surface area contributed by atoms with Gasteiger partial charge in [0.25, 0.3) is 6.71 Å². The van der Waals surface area contributed by atoms with E-state index in [1.807, 2.05) is 13.0 Å². The first kappa shape index (κ1) is 24.0. The van der Waals surface area contributed by atoms with Crippen LogP contribution in [-0.2, 0) is 21.7 Å². The van der Waals surface area contributed by atoms with Gasteiger partial charge in [0.05, 0.1) is 11.0 Å². The molecule has 0 bridgehead atoms. The Hall–Kier alpha value is -4.31. The Balaban J connectivity index is 1.45. The minimum absolute atomic E-state index is 0.0104. The molecule has 4 aromatic carbocycles. The molecule has 1 aromatic heterocycles. The molecule has 0 saturated heterocycles. The van der Waals surface area contributed by atoms with Crippen molar-refractivity contribution in [1.82, 2.24) is 4.98 Å². The molecule has 0 spiro atoms. The third kappa shape index (κ3) is 4.46. The minimum atomic E-state index is -0.534. The summed E-state index contributed by atoms with van der Waals surface area (Å²) in [5, 5.41) is 0. The number of para-hydroxylation sites is 2. The molecule has 252 valence electrons. The van der Waals surface area contributed by atoms with E-state index in [1.165, 1.54) is 22.3 Å². The van der Waals surface area contributed by atoms with E-state index in [9.17, 15) is 4.11 Å². The Morgan fingerprint density at radius 2 is 1.16 bits per heavy atom. The number of aryl methyl sites for hydroxylation is 1. The standard InChI is InChI=1S/C46H50BN3/c1-29-25-40-41-42(48-29)50(31-19-20-32-33(26-31)44(4,5)22-21-43(32,2)3)39-28-35-34(45(6,7)23-24-46(35,8)9)27-37(39)47(41)36-17-13-14-18-38(36)49(40)30-15-11-10-12-16-30/h10-20,25-28H,21-24H2,1-9H3/i10D,11D,12D,13D,14D,15D,16D,18D. The molecule has 2 aliphatic carbocycles. The number of benzene rings is 4. The molecule has 50 heavy (non-hydrogen) atoms. The quantitative estimate of drug-likeness (QED) is 0.172. The molecule has 0 radical (unpaired) electrons. The average Bonchev–Trinajstić information content (AvgIpc) is 3.16. The summed E-state index contributed by atoms with van der Waals surface area (Å²) >= 11 is 0. The van der Waals surface area contributed by atoms with Crippen LogP contribution in [0.2, 0.25) is 0 Å². The van der Waals surface area contributed by atoms with Crippen molar-refractivity contribution in [2.75, 3.05) is 9.80 Å². The van der Waals surface area contributed by atoms with Crippen LogP contribution < -0.4 is 26.2 Å². The Labute approximate surface area is 311 Å². The van der Waals surface area contributed by atoms with Crippen LogP contribution in [0.15, 0.2) is 90.8 Å². The molecule has 0 unspecified atom stereocenters. The van der Waals surface area contributed by atoms with E-state index in [0.29, 0.717) is 22.7 Å². The van der Waals surface area contributed by atoms with Gasteiger partial charge in [0, 0.05) is 34.1 Å². The van der Waals surface area contributed by atoms with Crippen molar-refractivity contribution in [3.05, 3.63) is 119 Å². The maximum absolute atomic E-state index is 9.47. The van der Waals surface area contributed by atoms with E-state index >= 15 is 0 Å². The highest BCUT2D eigenvalue weighted by atomic mass is 15.2. The lowest BCUT2D eigenvalue weighted by molar-refractivity contribution is 0.332. The number of hydrogen-bond donors (Lipinski definition) is 0. The number of hydrogen-bond acceptors (Lipinski definition) is 3. The number of pyridine rings is 1. The van der Waals surface area contributed by atoms with Gasteiger partial charge in [0.15, 0.2) is 0 Å². The van der Waals surface area contributed by atoms with Gasteiger partial charge in [-0.2, -0.15) is 0 Å². The Morgan fingerprint density at radius 3 is 1.84 bits per heavy atom. The predicted molar refractivity (Wildman–Crippen MR) is 214 cm³/mol. The summed E-state index contributed by atoms with van der Waals surface area (Å²) in [7, 11) is 0. The van der Waals surface area contributed by atoms with Gasteiger partial charge in [-0.3, -0.25) is 4.90 Å². The van der Waals surface area contributed by atoms with Crippen LogP contribution in [0.5, 0.6) is 0 Å². The fourth-order valence-electron chi connectivity index (χ4n) is 9.36. The highest BCUT2D eigenvalue weighted by molar-refractivity contribution is 7.00. The first-order chi connectivity index (χ1) is 27.0. The molecule has 3 nitrogen and oxygen atoms in total. The first-order valence-corrected chi connectivity index (χ1v) is 18.1. The van der Waals surface area contributed by atoms with E-state index in [1.54, 1.807) is 11.0 Å². The molecule has 0 atom stereocenters. The van der Waals surface area contributed by atoms with Gasteiger partial charge in [-0.25, -0.2) is 4.98 Å². The van der Waals surface area contributed by atoms with Crippen LogP contribution in [-0.4, -0.2) is 11.7 Å². The molecule has 0 N–H and O–H groups in total. The minimum Gasteiger partial charge on any atom is -0.311 e. The highest BCUT2D eigenvalue weighted by Gasteiger charge is 2.47. The molecule has 4 heteroatoms. The van der Waals surface area contributed by atoms with E-state index in [4.69, 9.17) is 11.8 Å². The van der Waals surface area contributed by atoms with Crippen molar-refractivity contribution in [1.29, 1.82) is 0 Å². The van der Waals surface area contributed by atoms with Gasteiger partial charge in [0.1, 0.15) is 5.82 Å². The van der Waals surface area contributed by atoms with E-state index < -0.39 is 36.9 Å². The summed E-state index contributed by atoms with van der Waals surface area (Å²) in [6.45, 7) is 19.9. The summed E-state index contributed by atoms with van der Waals surface area (Å²) < 4.78 is 71.5. The van der Waals surface area contributed by atoms with Crippen molar-refractivity contribution < 1.29 is 11.0 Å². The second-order valence-electron chi connectivity index (χ2n) is 17.7. The number of rotatable bonds is 2. The van der Waals surface area contributed by atoms with Crippen LogP contribution in [0.1, 0.15) is 120 Å². The summed E-state index contributed by atoms with van der Waals surface area (Å²) in [6, 6.07) is 12.1. The average molecular weight is 664 g/mol. The largest absolute Gasteiger partial charge is 0.311 e. The molecular weight excluding hydrogens is 605 g/mol. The van der Waals surface area contributed by atoms with Crippen molar-refractivity contribution >= 4 is 57.4 Å². The topological polar surface area (TPSA) is 19.4 Å². The van der Waals surface area contributed by atoms with Crippen molar-refractivity contribution in [3.63, 3.8) is 0 Å². The van der Waals surface area contributed by atoms with Gasteiger partial charge in [0.2, 0.25) is 0 Å². The van der Waals surface area contributed by atoms with Crippen LogP contribution in [0.3, 0.4) is 0 Å². The zero-order chi connectivity index (χ0) is 41.9. The van der Waals surface area contributed by atoms with Gasteiger partial charge >= 0.3 is 0 Å². The SMILES string of the molecule is [2H]c1cc2c(c([2H])c1[2H])N(c1c([2H])c([2H])c([2H])c([2H])c1[2H])c1cc(C)nc3c1B2c1cc2c(cc1N3c1ccc3c(c1)C(C)(C)CCC3(C)C)C(C)(C)CCC2(C)C. The number of fused-ring (bicyclic) bond motifs is 6. The summed E-state index contributed by atoms with van der Waals surface area (Å²) in [6.07, 6.45) is 4.18. The van der Waals surface area contributed by atoms with Crippen molar-refractivity contribution in [3.8, 4) is 0 Å². The van der Waals surface area contributed by atoms with Gasteiger partial charge in [-0.15, -0.1) is 0 Å². The normalized spacial score (nSPS) is 22.1. The maximum Gasteiger partial charge on any atom is 0.254 e. The molecule has 3 heterocycles. The third-order valence-electron chi connectivity index (χ3n) is 12.5. The number of nitrogens with zero attached hydrogens (tertiary/aromatic N) is 3. The highest BCUT2D eigenvalue weighted by Crippen LogP contribution is 2.52. The predicted octanol–water partition coefficient (Wildman–Crippen LogP) is 10.2. The lowest BCUT2D eigenvalue weighted by Gasteiger charge is -2.47. The van der Waals surface area contributed by atoms with E-state index in [2.05, 4.69) is 90.6 Å². The van der Waals surface area contributed by atoms with Crippen LogP contribution >= 0.6 is 0 Å². The molecule has 0 fully saturated rings. The summed E-state index contributed by atoms with van der Waals surface area (Å²) in [4.78, 5) is 9.20. The van der Waals surface area contributed by atoms with Crippen LogP contribution in [0.4, 0.5) is 34.3 Å². The Kier molecular flexibility index (Phi) is 4.98. The molecule has 9 rings (SSSR count). The first-order valence-electron chi connectivity index (χ1n) is 22.1. The van der Waals surface area contributed by atoms with Gasteiger partial charge < -0.3 is 4.90 Å². The van der Waals surface area contributed by atoms with Crippen molar-refractivity contribution in [2.24, 2.45) is 0 Å². The van der Waals surface area contributed by atoms with Crippen LogP contribution in [0.25, 0.3) is 0 Å². The van der Waals surface area contributed by atoms with Gasteiger partial charge in [-0.05, 0) is 135 Å². The molecule has 0 amide bonds. The van der Waals surface area contributed by atoms with Crippen LogP contribution in [0, 0.1) is 6.92 Å². The molecule has 5 aromatic rings. The second kappa shape index (κ2) is 10.4. The van der Waals surface area contributed by atoms with E-state index in [0.717, 1.165) is 48.0 Å². The zero-order valence-electron chi connectivity index (χ0n) is 38.8.